The van der Waals surface area contributed by atoms with E-state index < -0.39 is 0 Å². The number of amides is 1. The van der Waals surface area contributed by atoms with Gasteiger partial charge in [-0.25, -0.2) is 0 Å². The topological polar surface area (TPSA) is 38.8 Å². The Hall–Kier alpha value is -0.610. The lowest BCUT2D eigenvalue weighted by Crippen LogP contribution is -2.42. The van der Waals surface area contributed by atoms with Crippen LogP contribution in [0, 0.1) is 17.8 Å². The third kappa shape index (κ3) is 2.73. The summed E-state index contributed by atoms with van der Waals surface area (Å²) < 4.78 is 11.3. The van der Waals surface area contributed by atoms with Gasteiger partial charge in [-0.1, -0.05) is 6.92 Å². The first-order valence-electron chi connectivity index (χ1n) is 8.03. The van der Waals surface area contributed by atoms with Crippen LogP contribution in [0.4, 0.5) is 0 Å². The van der Waals surface area contributed by atoms with E-state index in [-0.39, 0.29) is 5.60 Å². The molecular formula is C16H27NO3. The number of methoxy groups -OCH3 is 1. The van der Waals surface area contributed by atoms with Crippen molar-refractivity contribution in [1.29, 1.82) is 0 Å². The molecule has 2 unspecified atom stereocenters. The van der Waals surface area contributed by atoms with Crippen LogP contribution in [0.25, 0.3) is 0 Å². The van der Waals surface area contributed by atoms with Gasteiger partial charge in [0.1, 0.15) is 0 Å². The number of likely N-dealkylation sites (tertiary alicyclic amines) is 1. The van der Waals surface area contributed by atoms with Crippen LogP contribution in [0.3, 0.4) is 0 Å². The third-order valence-electron chi connectivity index (χ3n) is 5.37. The smallest absolute Gasteiger partial charge is 0.225 e. The van der Waals surface area contributed by atoms with Crippen molar-refractivity contribution in [3.8, 4) is 0 Å². The summed E-state index contributed by atoms with van der Waals surface area (Å²) in [5.41, 5.74) is -0.0383. The average Bonchev–Trinajstić information content (AvgIpc) is 3.00. The monoisotopic (exact) mass is 281 g/mol. The fraction of sp³-hybridized carbons (Fsp3) is 0.938. The summed E-state index contributed by atoms with van der Waals surface area (Å²) in [6, 6.07) is 0. The second-order valence-electron chi connectivity index (χ2n) is 7.13. The molecule has 0 bridgehead atoms. The van der Waals surface area contributed by atoms with Gasteiger partial charge in [0.15, 0.2) is 0 Å². The predicted octanol–water partition coefficient (Wildman–Crippen LogP) is 2.08. The number of nitrogens with zero attached hydrogens (tertiary/aromatic N) is 1. The molecule has 2 saturated heterocycles. The highest BCUT2D eigenvalue weighted by Crippen LogP contribution is 2.41. The minimum Gasteiger partial charge on any atom is -0.385 e. The van der Waals surface area contributed by atoms with Gasteiger partial charge in [-0.3, -0.25) is 4.79 Å². The van der Waals surface area contributed by atoms with Crippen molar-refractivity contribution in [2.24, 2.45) is 17.8 Å². The maximum Gasteiger partial charge on any atom is 0.225 e. The van der Waals surface area contributed by atoms with Gasteiger partial charge >= 0.3 is 0 Å². The normalized spacial score (nSPS) is 40.3. The maximum atomic E-state index is 12.4. The minimum atomic E-state index is -0.0383. The van der Waals surface area contributed by atoms with E-state index in [1.165, 1.54) is 0 Å². The molecule has 1 saturated carbocycles. The Bertz CT molecular complexity index is 367. The fourth-order valence-corrected chi connectivity index (χ4v) is 4.09. The molecule has 3 rings (SSSR count). The van der Waals surface area contributed by atoms with Crippen molar-refractivity contribution in [2.45, 2.75) is 44.6 Å². The summed E-state index contributed by atoms with van der Waals surface area (Å²) in [4.78, 5) is 14.5. The fourth-order valence-electron chi connectivity index (χ4n) is 4.09. The Morgan fingerprint density at radius 2 is 2.25 bits per heavy atom. The van der Waals surface area contributed by atoms with Gasteiger partial charge in [-0.2, -0.15) is 0 Å². The number of carbonyl (C=O) groups is 1. The molecule has 114 valence electrons. The van der Waals surface area contributed by atoms with Gasteiger partial charge in [-0.15, -0.1) is 0 Å². The highest BCUT2D eigenvalue weighted by molar-refractivity contribution is 5.80. The Morgan fingerprint density at radius 3 is 2.95 bits per heavy atom. The molecule has 2 aliphatic heterocycles. The van der Waals surface area contributed by atoms with Gasteiger partial charge in [-0.05, 0) is 43.9 Å². The number of hydrogen-bond donors (Lipinski definition) is 0. The van der Waals surface area contributed by atoms with Gasteiger partial charge in [0.25, 0.3) is 0 Å². The summed E-state index contributed by atoms with van der Waals surface area (Å²) in [5.74, 6) is 2.02. The first kappa shape index (κ1) is 14.3. The lowest BCUT2D eigenvalue weighted by molar-refractivity contribution is -0.139. The van der Waals surface area contributed by atoms with E-state index in [0.717, 1.165) is 64.3 Å². The second kappa shape index (κ2) is 5.64. The molecule has 3 aliphatic rings. The lowest BCUT2D eigenvalue weighted by atomic mass is 9.75. The zero-order chi connectivity index (χ0) is 14.2. The van der Waals surface area contributed by atoms with Gasteiger partial charge in [0.2, 0.25) is 5.91 Å². The predicted molar refractivity (Wildman–Crippen MR) is 76.4 cm³/mol. The summed E-state index contributed by atoms with van der Waals surface area (Å²) in [6.45, 7) is 5.59. The molecule has 2 heterocycles. The van der Waals surface area contributed by atoms with Crippen LogP contribution in [-0.4, -0.2) is 49.8 Å². The number of carbonyl (C=O) groups excluding carboxylic acids is 1. The molecular weight excluding hydrogens is 254 g/mol. The maximum absolute atomic E-state index is 12.4. The molecule has 0 N–H and O–H groups in total. The Morgan fingerprint density at radius 1 is 1.45 bits per heavy atom. The third-order valence-corrected chi connectivity index (χ3v) is 5.37. The highest BCUT2D eigenvalue weighted by Gasteiger charge is 2.48. The molecule has 0 aromatic rings. The summed E-state index contributed by atoms with van der Waals surface area (Å²) >= 11 is 0. The molecule has 4 nitrogen and oxygen atoms in total. The number of rotatable bonds is 4. The second-order valence-corrected chi connectivity index (χ2v) is 7.13. The SMILES string of the molecule is COCCC1COC2(CCN(C(=O)C3CC(C)C3)C2)C1. The van der Waals surface area contributed by atoms with Crippen molar-refractivity contribution in [1.82, 2.24) is 4.90 Å². The molecule has 1 spiro atoms. The Labute approximate surface area is 121 Å². The van der Waals surface area contributed by atoms with Crippen molar-refractivity contribution in [3.05, 3.63) is 0 Å². The van der Waals surface area contributed by atoms with E-state index in [1.807, 2.05) is 0 Å². The van der Waals surface area contributed by atoms with Gasteiger partial charge in [0.05, 0.1) is 12.2 Å². The first-order chi connectivity index (χ1) is 9.62. The molecule has 20 heavy (non-hydrogen) atoms. The molecule has 4 heteroatoms. The van der Waals surface area contributed by atoms with Crippen LogP contribution in [-0.2, 0) is 14.3 Å². The van der Waals surface area contributed by atoms with Crippen LogP contribution < -0.4 is 0 Å². The largest absolute Gasteiger partial charge is 0.385 e. The van der Waals surface area contributed by atoms with E-state index in [2.05, 4.69) is 11.8 Å². The molecule has 0 radical (unpaired) electrons. The molecule has 2 atom stereocenters. The van der Waals surface area contributed by atoms with Crippen molar-refractivity contribution in [3.63, 3.8) is 0 Å². The number of ether oxygens (including phenoxy) is 2. The summed E-state index contributed by atoms with van der Waals surface area (Å²) in [6.07, 6.45) is 5.36. The summed E-state index contributed by atoms with van der Waals surface area (Å²) in [7, 11) is 1.75. The quantitative estimate of drug-likeness (QED) is 0.792. The van der Waals surface area contributed by atoms with E-state index in [0.29, 0.717) is 17.7 Å². The van der Waals surface area contributed by atoms with Crippen LogP contribution in [0.15, 0.2) is 0 Å². The molecule has 0 aromatic heterocycles. The van der Waals surface area contributed by atoms with E-state index in [4.69, 9.17) is 9.47 Å². The van der Waals surface area contributed by atoms with Gasteiger partial charge < -0.3 is 14.4 Å². The number of hydrogen-bond acceptors (Lipinski definition) is 3. The average molecular weight is 281 g/mol. The molecule has 1 aliphatic carbocycles. The van der Waals surface area contributed by atoms with Crippen LogP contribution in [0.1, 0.15) is 39.0 Å². The zero-order valence-corrected chi connectivity index (χ0v) is 12.8. The zero-order valence-electron chi connectivity index (χ0n) is 12.8. The minimum absolute atomic E-state index is 0.0383. The van der Waals surface area contributed by atoms with Crippen LogP contribution in [0.5, 0.6) is 0 Å². The van der Waals surface area contributed by atoms with Crippen molar-refractivity contribution in [2.75, 3.05) is 33.4 Å². The van der Waals surface area contributed by atoms with E-state index >= 15 is 0 Å². The molecule has 3 fully saturated rings. The van der Waals surface area contributed by atoms with E-state index in [1.54, 1.807) is 7.11 Å². The Balaban J connectivity index is 1.50. The summed E-state index contributed by atoms with van der Waals surface area (Å²) in [5, 5.41) is 0. The molecule has 0 aromatic carbocycles. The lowest BCUT2D eigenvalue weighted by Gasteiger charge is -2.34. The standard InChI is InChI=1S/C16H27NO3/c1-12-7-14(8-12)15(18)17-5-4-16(11-17)9-13(10-20-16)3-6-19-2/h12-14H,3-11H2,1-2H3. The van der Waals surface area contributed by atoms with Crippen LogP contribution in [0.2, 0.25) is 0 Å². The van der Waals surface area contributed by atoms with Crippen molar-refractivity contribution >= 4 is 5.91 Å². The van der Waals surface area contributed by atoms with E-state index in [9.17, 15) is 4.79 Å². The molecule has 1 amide bonds. The van der Waals surface area contributed by atoms with Gasteiger partial charge in [0, 0.05) is 32.7 Å². The highest BCUT2D eigenvalue weighted by atomic mass is 16.5. The first-order valence-corrected chi connectivity index (χ1v) is 8.03. The Kier molecular flexibility index (Phi) is 4.04. The van der Waals surface area contributed by atoms with Crippen molar-refractivity contribution < 1.29 is 14.3 Å². The van der Waals surface area contributed by atoms with Crippen LogP contribution >= 0.6 is 0 Å².